The molecule has 1 aliphatic heterocycles. The summed E-state index contributed by atoms with van der Waals surface area (Å²) < 4.78 is 15.8. The third kappa shape index (κ3) is 4.16. The molecule has 6 heteroatoms. The number of nitrogens with zero attached hydrogens (tertiary/aromatic N) is 3. The Bertz CT molecular complexity index is 1150. The van der Waals surface area contributed by atoms with Gasteiger partial charge in [-0.1, -0.05) is 24.3 Å². The van der Waals surface area contributed by atoms with Gasteiger partial charge in [-0.05, 0) is 57.7 Å². The summed E-state index contributed by atoms with van der Waals surface area (Å²) in [6.45, 7) is 7.41. The lowest BCUT2D eigenvalue weighted by molar-refractivity contribution is 0.375. The van der Waals surface area contributed by atoms with Crippen LogP contribution in [0.15, 0.2) is 41.2 Å². The maximum absolute atomic E-state index is 14.1. The molecule has 1 aliphatic rings. The zero-order valence-electron chi connectivity index (χ0n) is 18.8. The summed E-state index contributed by atoms with van der Waals surface area (Å²) in [6, 6.07) is 11.3. The highest BCUT2D eigenvalue weighted by atomic mass is 19.1. The summed E-state index contributed by atoms with van der Waals surface area (Å²) in [6.07, 6.45) is 2.38. The number of rotatable bonds is 5. The molecule has 1 fully saturated rings. The van der Waals surface area contributed by atoms with E-state index in [1.807, 2.05) is 38.1 Å². The molecular formula is C25H31FN4O. The van der Waals surface area contributed by atoms with Crippen molar-refractivity contribution in [3.8, 4) is 0 Å². The number of aromatic nitrogens is 2. The minimum atomic E-state index is -1.07. The van der Waals surface area contributed by atoms with Gasteiger partial charge in [0, 0.05) is 37.0 Å². The van der Waals surface area contributed by atoms with Gasteiger partial charge < -0.3 is 10.2 Å². The van der Waals surface area contributed by atoms with Crippen LogP contribution in [0.4, 0.5) is 16.0 Å². The highest BCUT2D eigenvalue weighted by molar-refractivity contribution is 5.84. The van der Waals surface area contributed by atoms with Crippen LogP contribution in [0.1, 0.15) is 62.0 Å². The van der Waals surface area contributed by atoms with Gasteiger partial charge in [0.2, 0.25) is 5.95 Å². The van der Waals surface area contributed by atoms with E-state index in [-0.39, 0.29) is 11.6 Å². The van der Waals surface area contributed by atoms with Crippen LogP contribution in [0.25, 0.3) is 10.9 Å². The first-order valence-electron chi connectivity index (χ1n) is 11.1. The van der Waals surface area contributed by atoms with Crippen LogP contribution < -0.4 is 15.8 Å². The molecule has 31 heavy (non-hydrogen) atoms. The smallest absolute Gasteiger partial charge is 0.262 e. The van der Waals surface area contributed by atoms with Gasteiger partial charge in [-0.25, -0.2) is 9.37 Å². The molecule has 0 radical (unpaired) electrons. The number of nitrogens with one attached hydrogen (secondary N) is 1. The number of anilines is 2. The topological polar surface area (TPSA) is 50.2 Å². The maximum atomic E-state index is 14.1. The number of piperidine rings is 1. The number of aryl methyl sites for hydroxylation is 1. The third-order valence-corrected chi connectivity index (χ3v) is 6.20. The number of benzene rings is 2. The number of alkyl halides is 1. The molecule has 1 N–H and O–H groups in total. The molecule has 2 aromatic carbocycles. The van der Waals surface area contributed by atoms with Crippen LogP contribution in [0.3, 0.4) is 0 Å². The molecule has 0 saturated carbocycles. The monoisotopic (exact) mass is 422 g/mol. The highest BCUT2D eigenvalue weighted by Crippen LogP contribution is 2.31. The Kier molecular flexibility index (Phi) is 5.99. The second kappa shape index (κ2) is 8.69. The summed E-state index contributed by atoms with van der Waals surface area (Å²) in [5.74, 6) is 0.729. The number of fused-ring (bicyclic) bond motifs is 1. The molecule has 0 spiro atoms. The van der Waals surface area contributed by atoms with Crippen LogP contribution in [-0.4, -0.2) is 22.6 Å². The molecule has 4 rings (SSSR count). The minimum Gasteiger partial charge on any atom is -0.378 e. The van der Waals surface area contributed by atoms with E-state index in [4.69, 9.17) is 4.98 Å². The van der Waals surface area contributed by atoms with Gasteiger partial charge in [0.1, 0.15) is 6.17 Å². The van der Waals surface area contributed by atoms with Crippen molar-refractivity contribution in [1.82, 2.24) is 9.55 Å². The lowest BCUT2D eigenvalue weighted by Gasteiger charge is -2.29. The van der Waals surface area contributed by atoms with E-state index in [0.29, 0.717) is 10.9 Å². The minimum absolute atomic E-state index is 0.0273. The Labute approximate surface area is 182 Å². The molecule has 164 valence electrons. The Morgan fingerprint density at radius 3 is 2.48 bits per heavy atom. The zero-order valence-corrected chi connectivity index (χ0v) is 18.8. The highest BCUT2D eigenvalue weighted by Gasteiger charge is 2.21. The van der Waals surface area contributed by atoms with Gasteiger partial charge in [0.25, 0.3) is 5.56 Å². The predicted octanol–water partition coefficient (Wildman–Crippen LogP) is 5.44. The van der Waals surface area contributed by atoms with Crippen molar-refractivity contribution in [3.05, 3.63) is 63.4 Å². The predicted molar refractivity (Wildman–Crippen MR) is 126 cm³/mol. The van der Waals surface area contributed by atoms with Crippen LogP contribution in [0.5, 0.6) is 0 Å². The molecule has 3 aromatic rings. The van der Waals surface area contributed by atoms with Crippen LogP contribution in [0, 0.1) is 6.92 Å². The molecule has 2 heterocycles. The Morgan fingerprint density at radius 2 is 1.77 bits per heavy atom. The second-order valence-electron chi connectivity index (χ2n) is 8.64. The molecule has 0 amide bonds. The van der Waals surface area contributed by atoms with E-state index < -0.39 is 6.17 Å². The first-order chi connectivity index (χ1) is 14.9. The van der Waals surface area contributed by atoms with Crippen molar-refractivity contribution >= 4 is 22.5 Å². The lowest BCUT2D eigenvalue weighted by atomic mass is 10.00. The van der Waals surface area contributed by atoms with Gasteiger partial charge in [-0.3, -0.25) is 9.36 Å². The number of para-hydroxylation sites is 1. The quantitative estimate of drug-likeness (QED) is 0.595. The molecule has 0 bridgehead atoms. The summed E-state index contributed by atoms with van der Waals surface area (Å²) >= 11 is 0. The second-order valence-corrected chi connectivity index (χ2v) is 8.64. The van der Waals surface area contributed by atoms with Crippen LogP contribution in [0.2, 0.25) is 0 Å². The van der Waals surface area contributed by atoms with Crippen molar-refractivity contribution < 1.29 is 4.39 Å². The number of hydrogen-bond donors (Lipinski definition) is 1. The summed E-state index contributed by atoms with van der Waals surface area (Å²) in [4.78, 5) is 20.5. The van der Waals surface area contributed by atoms with E-state index in [0.717, 1.165) is 54.2 Å². The fraction of sp³-hybridized carbons (Fsp3) is 0.440. The molecule has 1 saturated heterocycles. The van der Waals surface area contributed by atoms with Crippen molar-refractivity contribution in [2.45, 2.75) is 52.2 Å². The molecule has 2 unspecified atom stereocenters. The van der Waals surface area contributed by atoms with E-state index in [9.17, 15) is 9.18 Å². The largest absolute Gasteiger partial charge is 0.378 e. The van der Waals surface area contributed by atoms with Gasteiger partial charge in [0.05, 0.1) is 16.9 Å². The average Bonchev–Trinajstić information content (AvgIpc) is 2.77. The molecular weight excluding hydrogens is 391 g/mol. The number of hydrogen-bond acceptors (Lipinski definition) is 4. The average molecular weight is 423 g/mol. The summed E-state index contributed by atoms with van der Waals surface area (Å²) in [5, 5.41) is 4.08. The van der Waals surface area contributed by atoms with Gasteiger partial charge in [0.15, 0.2) is 0 Å². The van der Waals surface area contributed by atoms with Crippen LogP contribution in [-0.2, 0) is 7.05 Å². The zero-order chi connectivity index (χ0) is 22.1. The Balaban J connectivity index is 1.82. The van der Waals surface area contributed by atoms with Gasteiger partial charge in [-0.15, -0.1) is 0 Å². The number of halogens is 1. The van der Waals surface area contributed by atoms with Crippen molar-refractivity contribution in [2.75, 3.05) is 23.3 Å². The molecule has 0 aliphatic carbocycles. The van der Waals surface area contributed by atoms with E-state index >= 15 is 0 Å². The van der Waals surface area contributed by atoms with Crippen molar-refractivity contribution in [1.29, 1.82) is 0 Å². The fourth-order valence-corrected chi connectivity index (χ4v) is 4.53. The standard InChI is InChI=1S/C25H31FN4O/c1-16-14-20(18(3)27-22-11-7-6-10-19(22)17(2)26)23-21(15-16)24(31)29(4)25(28-23)30-12-8-5-9-13-30/h6-7,10-11,14-15,17-18,27H,5,8-9,12-13H2,1-4H3. The molecule has 5 nitrogen and oxygen atoms in total. The first-order valence-corrected chi connectivity index (χ1v) is 11.1. The van der Waals surface area contributed by atoms with E-state index in [1.165, 1.54) is 6.42 Å². The summed E-state index contributed by atoms with van der Waals surface area (Å²) in [5.41, 5.74) is 4.05. The maximum Gasteiger partial charge on any atom is 0.262 e. The summed E-state index contributed by atoms with van der Waals surface area (Å²) in [7, 11) is 1.81. The third-order valence-electron chi connectivity index (χ3n) is 6.20. The Hall–Kier alpha value is -2.89. The van der Waals surface area contributed by atoms with Crippen LogP contribution >= 0.6 is 0 Å². The lowest BCUT2D eigenvalue weighted by Crippen LogP contribution is -2.35. The van der Waals surface area contributed by atoms with Crippen molar-refractivity contribution in [3.63, 3.8) is 0 Å². The van der Waals surface area contributed by atoms with Gasteiger partial charge in [-0.2, -0.15) is 0 Å². The first kappa shape index (κ1) is 21.3. The SMILES string of the molecule is Cc1cc(C(C)Nc2ccccc2C(C)F)c2nc(N3CCCCC3)n(C)c(=O)c2c1. The Morgan fingerprint density at radius 1 is 1.06 bits per heavy atom. The molecule has 2 atom stereocenters. The van der Waals surface area contributed by atoms with E-state index in [2.05, 4.69) is 16.3 Å². The normalized spacial score (nSPS) is 16.4. The van der Waals surface area contributed by atoms with E-state index in [1.54, 1.807) is 24.6 Å². The molecule has 1 aromatic heterocycles. The fourth-order valence-electron chi connectivity index (χ4n) is 4.53. The van der Waals surface area contributed by atoms with Crippen molar-refractivity contribution in [2.24, 2.45) is 7.05 Å². The van der Waals surface area contributed by atoms with Gasteiger partial charge >= 0.3 is 0 Å².